The number of benzene rings is 2. The number of piperazine rings is 1. The topological polar surface area (TPSA) is 74.5 Å². The average molecular weight is 498 g/mol. The molecule has 3 aromatic rings. The molecular weight excluding hydrogens is 470 g/mol. The zero-order chi connectivity index (χ0) is 22.7. The number of hydrogen-bond donors (Lipinski definition) is 1. The highest BCUT2D eigenvalue weighted by Crippen LogP contribution is 2.24. The molecule has 1 aliphatic heterocycles. The van der Waals surface area contributed by atoms with Crippen LogP contribution in [0.2, 0.25) is 0 Å². The second kappa shape index (κ2) is 9.94. The van der Waals surface area contributed by atoms with Gasteiger partial charge in [-0.15, -0.1) is 0 Å². The first-order valence-electron chi connectivity index (χ1n) is 10.8. The van der Waals surface area contributed by atoms with Gasteiger partial charge in [-0.2, -0.15) is 4.98 Å². The van der Waals surface area contributed by atoms with Gasteiger partial charge in [0.05, 0.1) is 18.3 Å². The van der Waals surface area contributed by atoms with Gasteiger partial charge < -0.3 is 9.84 Å². The van der Waals surface area contributed by atoms with Crippen LogP contribution in [-0.2, 0) is 11.3 Å². The van der Waals surface area contributed by atoms with Crippen LogP contribution < -0.4 is 5.32 Å². The summed E-state index contributed by atoms with van der Waals surface area (Å²) >= 11 is 3.52. The van der Waals surface area contributed by atoms with E-state index in [-0.39, 0.29) is 11.9 Å². The third-order valence-electron chi connectivity index (χ3n) is 5.85. The molecule has 1 saturated heterocycles. The van der Waals surface area contributed by atoms with Crippen molar-refractivity contribution in [1.82, 2.24) is 19.9 Å². The number of carbonyl (C=O) groups excluding carboxylic acids is 1. The third-order valence-corrected chi connectivity index (χ3v) is 6.51. The van der Waals surface area contributed by atoms with E-state index in [1.807, 2.05) is 56.3 Å². The number of amides is 1. The number of rotatable bonds is 6. The summed E-state index contributed by atoms with van der Waals surface area (Å²) < 4.78 is 6.36. The van der Waals surface area contributed by atoms with E-state index in [9.17, 15) is 4.79 Å². The molecule has 0 spiro atoms. The summed E-state index contributed by atoms with van der Waals surface area (Å²) in [7, 11) is 0. The Bertz CT molecular complexity index is 1070. The molecule has 4 rings (SSSR count). The average Bonchev–Trinajstić information content (AvgIpc) is 3.24. The van der Waals surface area contributed by atoms with Crippen LogP contribution in [0.1, 0.15) is 23.9 Å². The number of carbonyl (C=O) groups is 1. The first-order valence-corrected chi connectivity index (χ1v) is 11.6. The maximum Gasteiger partial charge on any atom is 0.241 e. The maximum absolute atomic E-state index is 12.8. The van der Waals surface area contributed by atoms with Gasteiger partial charge in [-0.05, 0) is 54.4 Å². The second-order valence-electron chi connectivity index (χ2n) is 8.34. The quantitative estimate of drug-likeness (QED) is 0.548. The van der Waals surface area contributed by atoms with Crippen LogP contribution >= 0.6 is 15.9 Å². The lowest BCUT2D eigenvalue weighted by atomic mass is 10.1. The Morgan fingerprint density at radius 3 is 2.47 bits per heavy atom. The van der Waals surface area contributed by atoms with Crippen molar-refractivity contribution in [3.8, 4) is 11.4 Å². The fourth-order valence-corrected chi connectivity index (χ4v) is 4.36. The maximum atomic E-state index is 12.8. The molecule has 1 aliphatic rings. The SMILES string of the molecule is Cc1ccc(-c2noc(CN3CCN(C(C)C(=O)Nc4ccc(C)cc4Br)CC3)n2)cc1. The van der Waals surface area contributed by atoms with Gasteiger partial charge in [0.2, 0.25) is 17.6 Å². The number of aryl methyl sites for hydroxylation is 2. The molecule has 168 valence electrons. The molecule has 0 bridgehead atoms. The monoisotopic (exact) mass is 497 g/mol. The van der Waals surface area contributed by atoms with Crippen LogP contribution in [0.3, 0.4) is 0 Å². The highest BCUT2D eigenvalue weighted by Gasteiger charge is 2.26. The molecule has 32 heavy (non-hydrogen) atoms. The van der Waals surface area contributed by atoms with Crippen molar-refractivity contribution in [1.29, 1.82) is 0 Å². The molecule has 0 aliphatic carbocycles. The summed E-state index contributed by atoms with van der Waals surface area (Å²) in [6, 6.07) is 13.8. The molecule has 1 N–H and O–H groups in total. The predicted molar refractivity (Wildman–Crippen MR) is 128 cm³/mol. The van der Waals surface area contributed by atoms with Crippen molar-refractivity contribution in [3.63, 3.8) is 0 Å². The summed E-state index contributed by atoms with van der Waals surface area (Å²) in [6.45, 7) is 9.95. The van der Waals surface area contributed by atoms with Crippen LogP contribution in [0.5, 0.6) is 0 Å². The molecule has 0 radical (unpaired) electrons. The summed E-state index contributed by atoms with van der Waals surface area (Å²) in [6.07, 6.45) is 0. The van der Waals surface area contributed by atoms with Gasteiger partial charge in [0, 0.05) is 36.2 Å². The molecule has 1 amide bonds. The van der Waals surface area contributed by atoms with Crippen molar-refractivity contribution < 1.29 is 9.32 Å². The number of halogens is 1. The van der Waals surface area contributed by atoms with Crippen LogP contribution in [0.4, 0.5) is 5.69 Å². The fraction of sp³-hybridized carbons (Fsp3) is 0.375. The van der Waals surface area contributed by atoms with Gasteiger partial charge in [0.15, 0.2) is 0 Å². The van der Waals surface area contributed by atoms with Gasteiger partial charge in [-0.1, -0.05) is 41.1 Å². The largest absolute Gasteiger partial charge is 0.338 e. The molecule has 1 fully saturated rings. The van der Waals surface area contributed by atoms with E-state index in [0.717, 1.165) is 47.5 Å². The van der Waals surface area contributed by atoms with Crippen molar-refractivity contribution in [2.24, 2.45) is 0 Å². The molecule has 2 heterocycles. The van der Waals surface area contributed by atoms with Gasteiger partial charge >= 0.3 is 0 Å². The number of nitrogens with zero attached hydrogens (tertiary/aromatic N) is 4. The van der Waals surface area contributed by atoms with Crippen molar-refractivity contribution >= 4 is 27.5 Å². The number of anilines is 1. The zero-order valence-corrected chi connectivity index (χ0v) is 20.2. The standard InChI is InChI=1S/C24H28BrN5O2/c1-16-4-7-19(8-5-16)23-27-22(32-28-23)15-29-10-12-30(13-11-29)18(3)24(31)26-21-9-6-17(2)14-20(21)25/h4-9,14,18H,10-13,15H2,1-3H3,(H,26,31). The number of hydrogen-bond acceptors (Lipinski definition) is 6. The Labute approximate surface area is 196 Å². The van der Waals surface area contributed by atoms with Crippen LogP contribution in [0.25, 0.3) is 11.4 Å². The molecule has 1 unspecified atom stereocenters. The fourth-order valence-electron chi connectivity index (χ4n) is 3.76. The van der Waals surface area contributed by atoms with E-state index in [2.05, 4.69) is 48.1 Å². The minimum absolute atomic E-state index is 0.00245. The Balaban J connectivity index is 1.28. The minimum Gasteiger partial charge on any atom is -0.338 e. The summed E-state index contributed by atoms with van der Waals surface area (Å²) in [5.74, 6) is 1.23. The van der Waals surface area contributed by atoms with E-state index in [1.54, 1.807) is 0 Å². The van der Waals surface area contributed by atoms with Crippen LogP contribution in [-0.4, -0.2) is 58.1 Å². The summed E-state index contributed by atoms with van der Waals surface area (Å²) in [5.41, 5.74) is 4.10. The molecule has 1 atom stereocenters. The first kappa shape index (κ1) is 22.6. The number of nitrogens with one attached hydrogen (secondary N) is 1. The second-order valence-corrected chi connectivity index (χ2v) is 9.19. The lowest BCUT2D eigenvalue weighted by Crippen LogP contribution is -2.52. The van der Waals surface area contributed by atoms with Gasteiger partial charge in [0.1, 0.15) is 0 Å². The smallest absolute Gasteiger partial charge is 0.241 e. The van der Waals surface area contributed by atoms with E-state index in [0.29, 0.717) is 18.3 Å². The van der Waals surface area contributed by atoms with Crippen molar-refractivity contribution in [2.45, 2.75) is 33.4 Å². The normalized spacial score (nSPS) is 16.1. The predicted octanol–water partition coefficient (Wildman–Crippen LogP) is 4.26. The Morgan fingerprint density at radius 1 is 1.09 bits per heavy atom. The first-order chi connectivity index (χ1) is 15.4. The Hall–Kier alpha value is -2.55. The summed E-state index contributed by atoms with van der Waals surface area (Å²) in [5, 5.41) is 7.15. The molecule has 8 heteroatoms. The number of aromatic nitrogens is 2. The van der Waals surface area contributed by atoms with E-state index in [1.165, 1.54) is 5.56 Å². The van der Waals surface area contributed by atoms with Crippen molar-refractivity contribution in [2.75, 3.05) is 31.5 Å². The third kappa shape index (κ3) is 5.43. The van der Waals surface area contributed by atoms with Gasteiger partial charge in [0.25, 0.3) is 0 Å². The molecule has 0 saturated carbocycles. The van der Waals surface area contributed by atoms with Crippen LogP contribution in [0, 0.1) is 13.8 Å². The van der Waals surface area contributed by atoms with E-state index >= 15 is 0 Å². The van der Waals surface area contributed by atoms with Crippen molar-refractivity contribution in [3.05, 3.63) is 64.0 Å². The minimum atomic E-state index is -0.207. The highest BCUT2D eigenvalue weighted by molar-refractivity contribution is 9.10. The molecule has 7 nitrogen and oxygen atoms in total. The van der Waals surface area contributed by atoms with Crippen LogP contribution in [0.15, 0.2) is 51.5 Å². The van der Waals surface area contributed by atoms with Gasteiger partial charge in [-0.3, -0.25) is 14.6 Å². The zero-order valence-electron chi connectivity index (χ0n) is 18.6. The van der Waals surface area contributed by atoms with Gasteiger partial charge in [-0.25, -0.2) is 0 Å². The molecule has 2 aromatic carbocycles. The lowest BCUT2D eigenvalue weighted by Gasteiger charge is -2.36. The van der Waals surface area contributed by atoms with E-state index in [4.69, 9.17) is 4.52 Å². The lowest BCUT2D eigenvalue weighted by molar-refractivity contribution is -0.121. The van der Waals surface area contributed by atoms with E-state index < -0.39 is 0 Å². The Kier molecular flexibility index (Phi) is 7.03. The molecular formula is C24H28BrN5O2. The molecule has 1 aromatic heterocycles. The highest BCUT2D eigenvalue weighted by atomic mass is 79.9. The Morgan fingerprint density at radius 2 is 1.78 bits per heavy atom. The summed E-state index contributed by atoms with van der Waals surface area (Å²) in [4.78, 5) is 21.8.